The Bertz CT molecular complexity index is 577. The molecule has 6 nitrogen and oxygen atoms in total. The van der Waals surface area contributed by atoms with Crippen molar-refractivity contribution in [2.24, 2.45) is 17.8 Å². The number of pyridine rings is 1. The lowest BCUT2D eigenvalue weighted by atomic mass is 9.93. The quantitative estimate of drug-likeness (QED) is 0.868. The first kappa shape index (κ1) is 16.9. The molecule has 136 valence electrons. The van der Waals surface area contributed by atoms with E-state index in [0.717, 1.165) is 45.4 Å². The molecule has 1 aromatic heterocycles. The standard InChI is InChI=1S/C19H27N3O3/c23-19(15-2-1-5-20-8-15)21-9-16-13-25-18-12-22(11-17(16)18)10-14-3-6-24-7-4-14/h1-2,5,8,14,16-18H,3-4,6-7,9-13H2,(H,21,23)/t16-,17-,18-/m1/s1. The summed E-state index contributed by atoms with van der Waals surface area (Å²) in [5, 5.41) is 3.06. The van der Waals surface area contributed by atoms with E-state index in [1.165, 1.54) is 12.8 Å². The van der Waals surface area contributed by atoms with Gasteiger partial charge in [0.1, 0.15) is 0 Å². The van der Waals surface area contributed by atoms with Crippen molar-refractivity contribution in [1.82, 2.24) is 15.2 Å². The predicted molar refractivity (Wildman–Crippen MR) is 93.3 cm³/mol. The monoisotopic (exact) mass is 345 g/mol. The molecule has 0 aromatic carbocycles. The van der Waals surface area contributed by atoms with E-state index < -0.39 is 0 Å². The Morgan fingerprint density at radius 1 is 1.32 bits per heavy atom. The van der Waals surface area contributed by atoms with E-state index in [1.807, 2.05) is 0 Å². The second-order valence-electron chi connectivity index (χ2n) is 7.52. The van der Waals surface area contributed by atoms with Crippen LogP contribution in [0.3, 0.4) is 0 Å². The van der Waals surface area contributed by atoms with Crippen LogP contribution in [0, 0.1) is 17.8 Å². The minimum absolute atomic E-state index is 0.0476. The molecule has 3 aliphatic heterocycles. The lowest BCUT2D eigenvalue weighted by molar-refractivity contribution is 0.0487. The van der Waals surface area contributed by atoms with Crippen LogP contribution in [0.15, 0.2) is 24.5 Å². The maximum Gasteiger partial charge on any atom is 0.252 e. The minimum atomic E-state index is -0.0476. The van der Waals surface area contributed by atoms with Crippen LogP contribution < -0.4 is 5.32 Å². The number of fused-ring (bicyclic) bond motifs is 1. The third kappa shape index (κ3) is 4.02. The Hall–Kier alpha value is -1.50. The zero-order chi connectivity index (χ0) is 17.1. The molecule has 1 amide bonds. The summed E-state index contributed by atoms with van der Waals surface area (Å²) < 4.78 is 11.5. The molecule has 1 N–H and O–H groups in total. The summed E-state index contributed by atoms with van der Waals surface area (Å²) in [6, 6.07) is 3.58. The number of aromatic nitrogens is 1. The fraction of sp³-hybridized carbons (Fsp3) is 0.684. The second-order valence-corrected chi connectivity index (χ2v) is 7.52. The molecule has 0 spiro atoms. The highest BCUT2D eigenvalue weighted by atomic mass is 16.5. The van der Waals surface area contributed by atoms with Crippen LogP contribution in [0.1, 0.15) is 23.2 Å². The summed E-state index contributed by atoms with van der Waals surface area (Å²) >= 11 is 0. The summed E-state index contributed by atoms with van der Waals surface area (Å²) in [5.41, 5.74) is 0.616. The molecule has 3 aliphatic rings. The molecular weight excluding hydrogens is 318 g/mol. The Morgan fingerprint density at radius 2 is 2.20 bits per heavy atom. The molecular formula is C19H27N3O3. The molecule has 0 radical (unpaired) electrons. The van der Waals surface area contributed by atoms with Crippen LogP contribution >= 0.6 is 0 Å². The Labute approximate surface area is 148 Å². The van der Waals surface area contributed by atoms with Crippen molar-refractivity contribution in [3.8, 4) is 0 Å². The summed E-state index contributed by atoms with van der Waals surface area (Å²) in [7, 11) is 0. The molecule has 4 heterocycles. The topological polar surface area (TPSA) is 63.7 Å². The number of hydrogen-bond donors (Lipinski definition) is 1. The Kier molecular flexibility index (Phi) is 5.29. The van der Waals surface area contributed by atoms with Gasteiger partial charge in [-0.15, -0.1) is 0 Å². The first-order valence-electron chi connectivity index (χ1n) is 9.39. The maximum atomic E-state index is 12.2. The maximum absolute atomic E-state index is 12.2. The van der Waals surface area contributed by atoms with E-state index in [1.54, 1.807) is 24.5 Å². The van der Waals surface area contributed by atoms with Crippen molar-refractivity contribution in [3.63, 3.8) is 0 Å². The van der Waals surface area contributed by atoms with Crippen molar-refractivity contribution in [2.75, 3.05) is 46.0 Å². The van der Waals surface area contributed by atoms with Gasteiger partial charge < -0.3 is 19.7 Å². The lowest BCUT2D eigenvalue weighted by Gasteiger charge is -2.27. The zero-order valence-corrected chi connectivity index (χ0v) is 14.6. The molecule has 1 aromatic rings. The van der Waals surface area contributed by atoms with Gasteiger partial charge in [0.2, 0.25) is 0 Å². The fourth-order valence-electron chi connectivity index (χ4n) is 4.36. The molecule has 3 atom stereocenters. The SMILES string of the molecule is O=C(NC[C@@H]1CO[C@@H]2CN(CC3CCOCC3)C[C@H]12)c1cccnc1. The van der Waals surface area contributed by atoms with Gasteiger partial charge >= 0.3 is 0 Å². The molecule has 3 saturated heterocycles. The Morgan fingerprint density at radius 3 is 3.00 bits per heavy atom. The lowest BCUT2D eigenvalue weighted by Crippen LogP contribution is -2.35. The van der Waals surface area contributed by atoms with E-state index >= 15 is 0 Å². The van der Waals surface area contributed by atoms with Crippen molar-refractivity contribution in [3.05, 3.63) is 30.1 Å². The number of amides is 1. The molecule has 0 unspecified atom stereocenters. The number of carbonyl (C=O) groups excluding carboxylic acids is 1. The van der Waals surface area contributed by atoms with E-state index in [9.17, 15) is 4.79 Å². The summed E-state index contributed by atoms with van der Waals surface area (Å²) in [5.74, 6) is 1.66. The molecule has 0 saturated carbocycles. The second kappa shape index (κ2) is 7.81. The average molecular weight is 345 g/mol. The number of likely N-dealkylation sites (tertiary alicyclic amines) is 1. The van der Waals surface area contributed by atoms with Gasteiger partial charge in [0.05, 0.1) is 18.3 Å². The third-order valence-electron chi connectivity index (χ3n) is 5.82. The van der Waals surface area contributed by atoms with Crippen LogP contribution in [0.25, 0.3) is 0 Å². The largest absolute Gasteiger partial charge is 0.381 e. The van der Waals surface area contributed by atoms with Gasteiger partial charge in [-0.3, -0.25) is 9.78 Å². The van der Waals surface area contributed by atoms with Crippen LogP contribution in [0.5, 0.6) is 0 Å². The molecule has 0 aliphatic carbocycles. The molecule has 3 fully saturated rings. The Balaban J connectivity index is 1.26. The van der Waals surface area contributed by atoms with Crippen LogP contribution in [0.4, 0.5) is 0 Å². The van der Waals surface area contributed by atoms with Crippen molar-refractivity contribution >= 4 is 5.91 Å². The third-order valence-corrected chi connectivity index (χ3v) is 5.82. The highest BCUT2D eigenvalue weighted by Crippen LogP contribution is 2.34. The van der Waals surface area contributed by atoms with E-state index in [-0.39, 0.29) is 5.91 Å². The number of nitrogens with one attached hydrogen (secondary N) is 1. The molecule has 25 heavy (non-hydrogen) atoms. The number of nitrogens with zero attached hydrogens (tertiary/aromatic N) is 2. The smallest absolute Gasteiger partial charge is 0.252 e. The van der Waals surface area contributed by atoms with Gasteiger partial charge in [-0.1, -0.05) is 0 Å². The summed E-state index contributed by atoms with van der Waals surface area (Å²) in [6.07, 6.45) is 5.97. The summed E-state index contributed by atoms with van der Waals surface area (Å²) in [4.78, 5) is 18.8. The average Bonchev–Trinajstić information content (AvgIpc) is 3.22. The van der Waals surface area contributed by atoms with Crippen molar-refractivity contribution in [1.29, 1.82) is 0 Å². The van der Waals surface area contributed by atoms with E-state index in [4.69, 9.17) is 9.47 Å². The zero-order valence-electron chi connectivity index (χ0n) is 14.6. The predicted octanol–water partition coefficient (Wildman–Crippen LogP) is 1.18. The van der Waals surface area contributed by atoms with Crippen LogP contribution in [0.2, 0.25) is 0 Å². The van der Waals surface area contributed by atoms with Gasteiger partial charge in [0.15, 0.2) is 0 Å². The highest BCUT2D eigenvalue weighted by Gasteiger charge is 2.44. The normalized spacial score (nSPS) is 30.3. The molecule has 0 bridgehead atoms. The van der Waals surface area contributed by atoms with Crippen molar-refractivity contribution < 1.29 is 14.3 Å². The van der Waals surface area contributed by atoms with Gasteiger partial charge in [0.25, 0.3) is 5.91 Å². The van der Waals surface area contributed by atoms with Crippen LogP contribution in [-0.4, -0.2) is 67.9 Å². The van der Waals surface area contributed by atoms with Gasteiger partial charge in [0, 0.05) is 63.6 Å². The number of rotatable bonds is 5. The van der Waals surface area contributed by atoms with Gasteiger partial charge in [-0.2, -0.15) is 0 Å². The van der Waals surface area contributed by atoms with Crippen LogP contribution in [-0.2, 0) is 9.47 Å². The minimum Gasteiger partial charge on any atom is -0.381 e. The first-order valence-corrected chi connectivity index (χ1v) is 9.39. The highest BCUT2D eigenvalue weighted by molar-refractivity contribution is 5.93. The van der Waals surface area contributed by atoms with E-state index in [0.29, 0.717) is 30.0 Å². The number of carbonyl (C=O) groups is 1. The summed E-state index contributed by atoms with van der Waals surface area (Å²) in [6.45, 7) is 6.54. The molecule has 4 rings (SSSR count). The number of ether oxygens (including phenoxy) is 2. The number of hydrogen-bond acceptors (Lipinski definition) is 5. The van der Waals surface area contributed by atoms with E-state index in [2.05, 4.69) is 15.2 Å². The fourth-order valence-corrected chi connectivity index (χ4v) is 4.36. The van der Waals surface area contributed by atoms with Crippen molar-refractivity contribution in [2.45, 2.75) is 18.9 Å². The first-order chi connectivity index (χ1) is 12.3. The van der Waals surface area contributed by atoms with Gasteiger partial charge in [-0.05, 0) is 30.9 Å². The van der Waals surface area contributed by atoms with Gasteiger partial charge in [-0.25, -0.2) is 0 Å². The molecule has 6 heteroatoms.